The Balaban J connectivity index is 1.55. The third-order valence-corrected chi connectivity index (χ3v) is 6.04. The topological polar surface area (TPSA) is 76.7 Å². The van der Waals surface area contributed by atoms with Crippen LogP contribution in [0.4, 0.5) is 0 Å². The van der Waals surface area contributed by atoms with Crippen molar-refractivity contribution in [2.24, 2.45) is 0 Å². The number of hydrogen-bond donors (Lipinski definition) is 2. The number of hydrogen-bond acceptors (Lipinski definition) is 4. The van der Waals surface area contributed by atoms with Gasteiger partial charge in [0.05, 0.1) is 15.0 Å². The van der Waals surface area contributed by atoms with Crippen LogP contribution in [0.5, 0.6) is 11.5 Å². The molecular formula is C22H19Br3N2O4. The minimum Gasteiger partial charge on any atom is -0.490 e. The number of rotatable bonds is 6. The highest BCUT2D eigenvalue weighted by atomic mass is 79.9. The highest BCUT2D eigenvalue weighted by Gasteiger charge is 2.13. The van der Waals surface area contributed by atoms with Gasteiger partial charge in [-0.2, -0.15) is 0 Å². The van der Waals surface area contributed by atoms with Crippen LogP contribution in [-0.2, 0) is 4.79 Å². The molecule has 3 aromatic rings. The van der Waals surface area contributed by atoms with Gasteiger partial charge in [-0.3, -0.25) is 20.4 Å². The zero-order valence-electron chi connectivity index (χ0n) is 16.7. The molecule has 162 valence electrons. The second kappa shape index (κ2) is 10.5. The molecule has 0 aliphatic heterocycles. The minimum absolute atomic E-state index is 0.0137. The first-order valence-electron chi connectivity index (χ1n) is 9.30. The van der Waals surface area contributed by atoms with Crippen LogP contribution in [-0.4, -0.2) is 24.5 Å². The van der Waals surface area contributed by atoms with E-state index in [1.54, 1.807) is 24.3 Å². The Hall–Kier alpha value is -2.10. The molecule has 3 aromatic carbocycles. The van der Waals surface area contributed by atoms with E-state index in [2.05, 4.69) is 58.6 Å². The lowest BCUT2D eigenvalue weighted by atomic mass is 10.1. The van der Waals surface area contributed by atoms with E-state index >= 15 is 0 Å². The Labute approximate surface area is 205 Å². The van der Waals surface area contributed by atoms with Crippen LogP contribution in [0.3, 0.4) is 0 Å². The zero-order valence-corrected chi connectivity index (χ0v) is 21.4. The van der Waals surface area contributed by atoms with Gasteiger partial charge in [0, 0.05) is 10.0 Å². The highest BCUT2D eigenvalue weighted by molar-refractivity contribution is 9.11. The lowest BCUT2D eigenvalue weighted by molar-refractivity contribution is -0.123. The fourth-order valence-electron chi connectivity index (χ4n) is 2.72. The van der Waals surface area contributed by atoms with Crippen molar-refractivity contribution in [1.29, 1.82) is 0 Å². The molecule has 0 spiro atoms. The van der Waals surface area contributed by atoms with Gasteiger partial charge in [-0.15, -0.1) is 0 Å². The molecule has 0 aromatic heterocycles. The lowest BCUT2D eigenvalue weighted by Crippen LogP contribution is -2.43. The molecule has 0 saturated heterocycles. The van der Waals surface area contributed by atoms with E-state index in [1.807, 2.05) is 38.1 Å². The Morgan fingerprint density at radius 2 is 1.68 bits per heavy atom. The Kier molecular flexibility index (Phi) is 7.96. The Morgan fingerprint density at radius 3 is 2.39 bits per heavy atom. The molecule has 9 heteroatoms. The SMILES string of the molecule is CC(C)Oc1ccc(C(=O)NNC(=O)COc2ccc3cc(Br)ccc3c2Br)cc1Br. The van der Waals surface area contributed by atoms with Gasteiger partial charge < -0.3 is 9.47 Å². The molecule has 0 saturated carbocycles. The van der Waals surface area contributed by atoms with Gasteiger partial charge in [0.15, 0.2) is 6.61 Å². The molecule has 0 aliphatic carbocycles. The standard InChI is InChI=1S/C22H19Br3N2O4/c1-12(2)31-18-7-4-14(10-17(18)24)22(29)27-26-20(28)11-30-19-8-3-13-9-15(23)5-6-16(13)21(19)25/h3-10,12H,11H2,1-2H3,(H,26,28)(H,27,29). The van der Waals surface area contributed by atoms with Gasteiger partial charge in [-0.25, -0.2) is 0 Å². The number of benzene rings is 3. The van der Waals surface area contributed by atoms with Crippen molar-refractivity contribution in [1.82, 2.24) is 10.9 Å². The van der Waals surface area contributed by atoms with Gasteiger partial charge in [0.25, 0.3) is 11.8 Å². The van der Waals surface area contributed by atoms with Gasteiger partial charge in [0.1, 0.15) is 11.5 Å². The van der Waals surface area contributed by atoms with Gasteiger partial charge >= 0.3 is 0 Å². The number of halogens is 3. The van der Waals surface area contributed by atoms with Crippen LogP contribution < -0.4 is 20.3 Å². The van der Waals surface area contributed by atoms with E-state index in [9.17, 15) is 9.59 Å². The van der Waals surface area contributed by atoms with E-state index in [0.717, 1.165) is 19.7 Å². The smallest absolute Gasteiger partial charge is 0.276 e. The molecule has 0 heterocycles. The maximum Gasteiger partial charge on any atom is 0.276 e. The van der Waals surface area contributed by atoms with Crippen molar-refractivity contribution >= 4 is 70.4 Å². The molecule has 31 heavy (non-hydrogen) atoms. The average molecular weight is 615 g/mol. The quantitative estimate of drug-likeness (QED) is 0.347. The minimum atomic E-state index is -0.491. The molecule has 6 nitrogen and oxygen atoms in total. The number of amides is 2. The Bertz CT molecular complexity index is 1140. The monoisotopic (exact) mass is 612 g/mol. The van der Waals surface area contributed by atoms with Crippen molar-refractivity contribution < 1.29 is 19.1 Å². The highest BCUT2D eigenvalue weighted by Crippen LogP contribution is 2.34. The maximum absolute atomic E-state index is 12.3. The zero-order chi connectivity index (χ0) is 22.5. The van der Waals surface area contributed by atoms with Crippen LogP contribution in [0.2, 0.25) is 0 Å². The molecule has 2 N–H and O–H groups in total. The largest absolute Gasteiger partial charge is 0.490 e. The number of carbonyl (C=O) groups excluding carboxylic acids is 2. The first-order chi connectivity index (χ1) is 14.7. The number of nitrogens with one attached hydrogen (secondary N) is 2. The molecule has 3 rings (SSSR count). The molecule has 0 atom stereocenters. The molecular weight excluding hydrogens is 596 g/mol. The van der Waals surface area contributed by atoms with Crippen LogP contribution in [0, 0.1) is 0 Å². The van der Waals surface area contributed by atoms with Crippen molar-refractivity contribution in [3.63, 3.8) is 0 Å². The van der Waals surface area contributed by atoms with Crippen LogP contribution >= 0.6 is 47.8 Å². The third kappa shape index (κ3) is 6.21. The van der Waals surface area contributed by atoms with Crippen LogP contribution in [0.15, 0.2) is 61.9 Å². The second-order valence-corrected chi connectivity index (χ2v) is 9.41. The fraction of sp³-hybridized carbons (Fsp3) is 0.182. The predicted molar refractivity (Wildman–Crippen MR) is 130 cm³/mol. The summed E-state index contributed by atoms with van der Waals surface area (Å²) in [5.74, 6) is 0.218. The van der Waals surface area contributed by atoms with Crippen molar-refractivity contribution in [2.45, 2.75) is 20.0 Å². The van der Waals surface area contributed by atoms with E-state index in [1.165, 1.54) is 0 Å². The number of carbonyl (C=O) groups is 2. The van der Waals surface area contributed by atoms with Gasteiger partial charge in [0.2, 0.25) is 0 Å². The molecule has 2 amide bonds. The summed E-state index contributed by atoms with van der Waals surface area (Å²) in [5.41, 5.74) is 5.09. The third-order valence-electron chi connectivity index (χ3n) is 4.11. The molecule has 0 aliphatic rings. The van der Waals surface area contributed by atoms with Crippen LogP contribution in [0.25, 0.3) is 10.8 Å². The summed E-state index contributed by atoms with van der Waals surface area (Å²) in [5, 5.41) is 1.99. The van der Waals surface area contributed by atoms with E-state index in [0.29, 0.717) is 21.5 Å². The molecule has 0 radical (unpaired) electrons. The number of ether oxygens (including phenoxy) is 2. The number of fused-ring (bicyclic) bond motifs is 1. The summed E-state index contributed by atoms with van der Waals surface area (Å²) in [6.07, 6.45) is 0.0137. The molecule has 0 unspecified atom stereocenters. The second-order valence-electron chi connectivity index (χ2n) is 6.85. The van der Waals surface area contributed by atoms with Crippen molar-refractivity contribution in [3.05, 3.63) is 67.5 Å². The van der Waals surface area contributed by atoms with E-state index < -0.39 is 11.8 Å². The summed E-state index contributed by atoms with van der Waals surface area (Å²) >= 11 is 10.3. The van der Waals surface area contributed by atoms with Gasteiger partial charge in [-0.1, -0.05) is 28.1 Å². The summed E-state index contributed by atoms with van der Waals surface area (Å²) < 4.78 is 13.6. The summed E-state index contributed by atoms with van der Waals surface area (Å²) in [7, 11) is 0. The first kappa shape index (κ1) is 23.6. The van der Waals surface area contributed by atoms with E-state index in [-0.39, 0.29) is 12.7 Å². The first-order valence-corrected chi connectivity index (χ1v) is 11.7. The average Bonchev–Trinajstić information content (AvgIpc) is 2.72. The molecule has 0 bridgehead atoms. The van der Waals surface area contributed by atoms with Gasteiger partial charge in [-0.05, 0) is 92.9 Å². The number of hydrazine groups is 1. The summed E-state index contributed by atoms with van der Waals surface area (Å²) in [4.78, 5) is 24.4. The summed E-state index contributed by atoms with van der Waals surface area (Å²) in [6.45, 7) is 3.58. The van der Waals surface area contributed by atoms with Crippen LogP contribution in [0.1, 0.15) is 24.2 Å². The normalized spacial score (nSPS) is 10.8. The Morgan fingerprint density at radius 1 is 0.935 bits per heavy atom. The lowest BCUT2D eigenvalue weighted by Gasteiger charge is -2.13. The predicted octanol–water partition coefficient (Wildman–Crippen LogP) is 5.75. The molecule has 0 fully saturated rings. The summed E-state index contributed by atoms with van der Waals surface area (Å²) in [6, 6.07) is 14.5. The maximum atomic E-state index is 12.3. The van der Waals surface area contributed by atoms with Crippen molar-refractivity contribution in [2.75, 3.05) is 6.61 Å². The fourth-order valence-corrected chi connectivity index (χ4v) is 4.18. The van der Waals surface area contributed by atoms with Crippen molar-refractivity contribution in [3.8, 4) is 11.5 Å². The van der Waals surface area contributed by atoms with E-state index in [4.69, 9.17) is 9.47 Å².